The number of thioether (sulfide) groups is 1. The Labute approximate surface area is 210 Å². The predicted octanol–water partition coefficient (Wildman–Crippen LogP) is 5.73. The molecular formula is C24H22BrClN2O4S. The van der Waals surface area contributed by atoms with Crippen molar-refractivity contribution in [2.45, 2.75) is 25.9 Å². The molecule has 2 aromatic rings. The number of amides is 3. The molecule has 0 saturated carbocycles. The smallest absolute Gasteiger partial charge is 0.294 e. The van der Waals surface area contributed by atoms with Crippen LogP contribution in [0.4, 0.5) is 4.79 Å². The van der Waals surface area contributed by atoms with Crippen LogP contribution in [0.5, 0.6) is 5.75 Å². The molecule has 2 fully saturated rings. The molecule has 172 valence electrons. The highest BCUT2D eigenvalue weighted by Gasteiger charge is 2.37. The molecule has 2 aliphatic rings. The Morgan fingerprint density at radius 2 is 1.85 bits per heavy atom. The van der Waals surface area contributed by atoms with Crippen LogP contribution >= 0.6 is 39.3 Å². The van der Waals surface area contributed by atoms with Gasteiger partial charge < -0.3 is 9.64 Å². The van der Waals surface area contributed by atoms with Crippen LogP contribution in [0.3, 0.4) is 0 Å². The molecular weight excluding hydrogens is 528 g/mol. The molecule has 0 atom stereocenters. The molecule has 33 heavy (non-hydrogen) atoms. The van der Waals surface area contributed by atoms with Crippen LogP contribution < -0.4 is 4.74 Å². The molecule has 3 amide bonds. The number of halogens is 2. The minimum Gasteiger partial charge on any atom is -0.486 e. The minimum absolute atomic E-state index is 0.191. The lowest BCUT2D eigenvalue weighted by Crippen LogP contribution is -2.44. The van der Waals surface area contributed by atoms with E-state index in [2.05, 4.69) is 15.9 Å². The first kappa shape index (κ1) is 23.9. The van der Waals surface area contributed by atoms with Crippen LogP contribution in [0.2, 0.25) is 5.02 Å². The van der Waals surface area contributed by atoms with E-state index >= 15 is 0 Å². The zero-order valence-corrected chi connectivity index (χ0v) is 20.9. The largest absolute Gasteiger partial charge is 0.486 e. The summed E-state index contributed by atoms with van der Waals surface area (Å²) in [5.74, 6) is -0.158. The number of piperidine rings is 1. The topological polar surface area (TPSA) is 66.9 Å². The van der Waals surface area contributed by atoms with Gasteiger partial charge in [0.2, 0.25) is 5.91 Å². The SMILES string of the molecule is O=C(CN1C(=O)S/C(=C\c2cc(Cl)c(OCc3ccccc3)c(Br)c2)C1=O)N1CCCCC1. The average Bonchev–Trinajstić information content (AvgIpc) is 3.07. The van der Waals surface area contributed by atoms with Crippen molar-refractivity contribution in [2.24, 2.45) is 0 Å². The first-order valence-corrected chi connectivity index (χ1v) is 12.6. The molecule has 6 nitrogen and oxygen atoms in total. The Morgan fingerprint density at radius 1 is 1.12 bits per heavy atom. The number of carbonyl (C=O) groups excluding carboxylic acids is 3. The molecule has 2 saturated heterocycles. The van der Waals surface area contributed by atoms with Crippen molar-refractivity contribution in [3.63, 3.8) is 0 Å². The van der Waals surface area contributed by atoms with E-state index in [1.807, 2.05) is 30.3 Å². The fraction of sp³-hybridized carbons (Fsp3) is 0.292. The fourth-order valence-electron chi connectivity index (χ4n) is 3.70. The molecule has 0 aromatic heterocycles. The summed E-state index contributed by atoms with van der Waals surface area (Å²) >= 11 is 10.7. The number of benzene rings is 2. The summed E-state index contributed by atoms with van der Waals surface area (Å²) in [7, 11) is 0. The summed E-state index contributed by atoms with van der Waals surface area (Å²) in [4.78, 5) is 40.7. The van der Waals surface area contributed by atoms with E-state index in [1.54, 1.807) is 23.1 Å². The maximum absolute atomic E-state index is 12.8. The number of carbonyl (C=O) groups is 3. The van der Waals surface area contributed by atoms with Crippen molar-refractivity contribution in [1.82, 2.24) is 9.80 Å². The maximum Gasteiger partial charge on any atom is 0.294 e. The highest BCUT2D eigenvalue weighted by atomic mass is 79.9. The standard InChI is InChI=1S/C24H22BrClN2O4S/c25-18-11-17(12-19(26)22(18)32-15-16-7-3-1-4-8-16)13-20-23(30)28(24(31)33-20)14-21(29)27-9-5-2-6-10-27/h1,3-4,7-8,11-13H,2,5-6,9-10,14-15H2/b20-13-. The second kappa shape index (κ2) is 10.8. The number of nitrogens with zero attached hydrogens (tertiary/aromatic N) is 2. The van der Waals surface area contributed by atoms with Gasteiger partial charge in [-0.1, -0.05) is 41.9 Å². The third-order valence-corrected chi connectivity index (χ3v) is 7.20. The van der Waals surface area contributed by atoms with Crippen molar-refractivity contribution >= 4 is 62.4 Å². The van der Waals surface area contributed by atoms with Crippen LogP contribution in [-0.2, 0) is 16.2 Å². The van der Waals surface area contributed by atoms with Gasteiger partial charge in [-0.3, -0.25) is 19.3 Å². The van der Waals surface area contributed by atoms with Crippen molar-refractivity contribution in [2.75, 3.05) is 19.6 Å². The summed E-state index contributed by atoms with van der Waals surface area (Å²) < 4.78 is 6.49. The van der Waals surface area contributed by atoms with Gasteiger partial charge in [0.25, 0.3) is 11.1 Å². The Hall–Kier alpha value is -2.29. The van der Waals surface area contributed by atoms with Gasteiger partial charge in [-0.05, 0) is 76.3 Å². The van der Waals surface area contributed by atoms with Gasteiger partial charge in [0.05, 0.1) is 14.4 Å². The predicted molar refractivity (Wildman–Crippen MR) is 133 cm³/mol. The van der Waals surface area contributed by atoms with Crippen LogP contribution in [0.25, 0.3) is 6.08 Å². The second-order valence-electron chi connectivity index (χ2n) is 7.80. The summed E-state index contributed by atoms with van der Waals surface area (Å²) in [5.41, 5.74) is 1.66. The number of ether oxygens (including phenoxy) is 1. The lowest BCUT2D eigenvalue weighted by atomic mass is 10.1. The molecule has 0 aliphatic carbocycles. The van der Waals surface area contributed by atoms with E-state index < -0.39 is 11.1 Å². The molecule has 0 N–H and O–H groups in total. The number of hydrogen-bond donors (Lipinski definition) is 0. The van der Waals surface area contributed by atoms with E-state index in [-0.39, 0.29) is 17.4 Å². The van der Waals surface area contributed by atoms with Gasteiger partial charge in [0.1, 0.15) is 13.2 Å². The average molecular weight is 550 g/mol. The molecule has 2 aliphatic heterocycles. The van der Waals surface area contributed by atoms with Gasteiger partial charge in [0, 0.05) is 13.1 Å². The highest BCUT2D eigenvalue weighted by Crippen LogP contribution is 2.38. The van der Waals surface area contributed by atoms with E-state index in [1.165, 1.54) is 0 Å². The lowest BCUT2D eigenvalue weighted by molar-refractivity contribution is -0.136. The van der Waals surface area contributed by atoms with Crippen molar-refractivity contribution < 1.29 is 19.1 Å². The van der Waals surface area contributed by atoms with Crippen molar-refractivity contribution in [1.29, 1.82) is 0 Å². The van der Waals surface area contributed by atoms with E-state index in [0.29, 0.717) is 40.5 Å². The number of hydrogen-bond acceptors (Lipinski definition) is 5. The molecule has 2 aromatic carbocycles. The normalized spacial score (nSPS) is 17.7. The van der Waals surface area contributed by atoms with Gasteiger partial charge >= 0.3 is 0 Å². The molecule has 0 bridgehead atoms. The molecule has 2 heterocycles. The molecule has 9 heteroatoms. The third kappa shape index (κ3) is 5.80. The van der Waals surface area contributed by atoms with Crippen LogP contribution in [0.1, 0.15) is 30.4 Å². The van der Waals surface area contributed by atoms with Gasteiger partial charge in [-0.2, -0.15) is 0 Å². The lowest BCUT2D eigenvalue weighted by Gasteiger charge is -2.27. The number of likely N-dealkylation sites (tertiary alicyclic amines) is 1. The third-order valence-electron chi connectivity index (χ3n) is 5.42. The molecule has 0 spiro atoms. The fourth-order valence-corrected chi connectivity index (χ4v) is 5.52. The van der Waals surface area contributed by atoms with E-state index in [9.17, 15) is 14.4 Å². The second-order valence-corrected chi connectivity index (χ2v) is 10.1. The van der Waals surface area contributed by atoms with E-state index in [0.717, 1.165) is 41.5 Å². The van der Waals surface area contributed by atoms with Crippen molar-refractivity contribution in [3.05, 3.63) is 68.0 Å². The quantitative estimate of drug-likeness (QED) is 0.431. The summed E-state index contributed by atoms with van der Waals surface area (Å²) in [6.45, 7) is 1.49. The van der Waals surface area contributed by atoms with Crippen LogP contribution in [0.15, 0.2) is 51.8 Å². The highest BCUT2D eigenvalue weighted by molar-refractivity contribution is 9.10. The first-order chi connectivity index (χ1) is 15.9. The maximum atomic E-state index is 12.8. The molecule has 0 unspecified atom stereocenters. The summed E-state index contributed by atoms with van der Waals surface area (Å²) in [6, 6.07) is 13.2. The monoisotopic (exact) mass is 548 g/mol. The Morgan fingerprint density at radius 3 is 2.55 bits per heavy atom. The zero-order chi connectivity index (χ0) is 23.4. The Kier molecular flexibility index (Phi) is 7.78. The summed E-state index contributed by atoms with van der Waals surface area (Å²) in [6.07, 6.45) is 4.61. The minimum atomic E-state index is -0.466. The van der Waals surface area contributed by atoms with Gasteiger partial charge in [-0.15, -0.1) is 0 Å². The Balaban J connectivity index is 1.45. The van der Waals surface area contributed by atoms with Crippen LogP contribution in [0, 0.1) is 0 Å². The molecule has 4 rings (SSSR count). The van der Waals surface area contributed by atoms with Gasteiger partial charge in [-0.25, -0.2) is 0 Å². The molecule has 0 radical (unpaired) electrons. The summed E-state index contributed by atoms with van der Waals surface area (Å²) in [5, 5.41) is -0.0596. The first-order valence-electron chi connectivity index (χ1n) is 10.6. The zero-order valence-electron chi connectivity index (χ0n) is 17.8. The van der Waals surface area contributed by atoms with Gasteiger partial charge in [0.15, 0.2) is 5.75 Å². The Bertz CT molecular complexity index is 1080. The van der Waals surface area contributed by atoms with Crippen LogP contribution in [-0.4, -0.2) is 46.5 Å². The number of rotatable bonds is 6. The van der Waals surface area contributed by atoms with E-state index in [4.69, 9.17) is 16.3 Å². The number of imide groups is 1. The van der Waals surface area contributed by atoms with Crippen molar-refractivity contribution in [3.8, 4) is 5.75 Å².